The molecule has 1 aromatic heterocycles. The van der Waals surface area contributed by atoms with E-state index in [9.17, 15) is 4.79 Å². The summed E-state index contributed by atoms with van der Waals surface area (Å²) in [5, 5.41) is 4.81. The van der Waals surface area contributed by atoms with E-state index in [2.05, 4.69) is 5.32 Å². The summed E-state index contributed by atoms with van der Waals surface area (Å²) in [7, 11) is 0. The lowest BCUT2D eigenvalue weighted by Gasteiger charge is -2.20. The number of benzene rings is 1. The molecule has 26 heavy (non-hydrogen) atoms. The first kappa shape index (κ1) is 18.1. The van der Waals surface area contributed by atoms with E-state index >= 15 is 0 Å². The number of carbonyl (C=O) groups is 1. The van der Waals surface area contributed by atoms with Gasteiger partial charge in [0, 0.05) is 34.1 Å². The van der Waals surface area contributed by atoms with Gasteiger partial charge in [0.1, 0.15) is 0 Å². The van der Waals surface area contributed by atoms with Crippen molar-refractivity contribution in [1.29, 1.82) is 0 Å². The second kappa shape index (κ2) is 8.15. The number of hydrogen-bond donors (Lipinski definition) is 1. The standard InChI is InChI=1S/C20H23ClN2O2S/c21-13-7-8-16-18(10-13)23-17-6-2-1-5-15(17)20(16)26-12-19(24)22-11-14-4-3-9-25-14/h7-8,10,14H,1-6,9,11-12H2,(H,22,24). The molecular formula is C20H23ClN2O2S. The van der Waals surface area contributed by atoms with Gasteiger partial charge in [-0.2, -0.15) is 0 Å². The van der Waals surface area contributed by atoms with Gasteiger partial charge in [-0.15, -0.1) is 11.8 Å². The second-order valence-corrected chi connectivity index (χ2v) is 8.38. The van der Waals surface area contributed by atoms with E-state index in [1.807, 2.05) is 18.2 Å². The van der Waals surface area contributed by atoms with Gasteiger partial charge in [-0.05, 0) is 56.2 Å². The zero-order chi connectivity index (χ0) is 17.9. The summed E-state index contributed by atoms with van der Waals surface area (Å²) in [6.45, 7) is 1.43. The Balaban J connectivity index is 1.52. The van der Waals surface area contributed by atoms with Gasteiger partial charge >= 0.3 is 0 Å². The Labute approximate surface area is 163 Å². The molecule has 1 unspecified atom stereocenters. The Morgan fingerprint density at radius 3 is 3.04 bits per heavy atom. The van der Waals surface area contributed by atoms with Crippen molar-refractivity contribution in [3.8, 4) is 0 Å². The molecule has 0 bridgehead atoms. The molecule has 0 spiro atoms. The number of thioether (sulfide) groups is 1. The number of aromatic nitrogens is 1. The molecule has 1 N–H and O–H groups in total. The average molecular weight is 391 g/mol. The lowest BCUT2D eigenvalue weighted by Crippen LogP contribution is -2.32. The zero-order valence-electron chi connectivity index (χ0n) is 14.7. The average Bonchev–Trinajstić information content (AvgIpc) is 3.17. The highest BCUT2D eigenvalue weighted by Gasteiger charge is 2.20. The number of fused-ring (bicyclic) bond motifs is 2. The third-order valence-corrected chi connectivity index (χ3v) is 6.47. The second-order valence-electron chi connectivity index (χ2n) is 6.96. The summed E-state index contributed by atoms with van der Waals surface area (Å²) in [6, 6.07) is 5.86. The number of aryl methyl sites for hydroxylation is 1. The van der Waals surface area contributed by atoms with Gasteiger partial charge in [0.2, 0.25) is 5.91 Å². The minimum Gasteiger partial charge on any atom is -0.376 e. The van der Waals surface area contributed by atoms with Gasteiger partial charge in [0.15, 0.2) is 0 Å². The van der Waals surface area contributed by atoms with Crippen molar-refractivity contribution in [1.82, 2.24) is 10.3 Å². The highest BCUT2D eigenvalue weighted by atomic mass is 35.5. The predicted molar refractivity (Wildman–Crippen MR) is 106 cm³/mol. The molecule has 6 heteroatoms. The molecule has 1 amide bonds. The first-order valence-corrected chi connectivity index (χ1v) is 10.7. The number of carbonyl (C=O) groups excluding carboxylic acids is 1. The number of rotatable bonds is 5. The molecule has 1 fully saturated rings. The van der Waals surface area contributed by atoms with E-state index in [-0.39, 0.29) is 12.0 Å². The van der Waals surface area contributed by atoms with Crippen LogP contribution in [0.2, 0.25) is 5.02 Å². The van der Waals surface area contributed by atoms with Crippen LogP contribution in [0.4, 0.5) is 0 Å². The van der Waals surface area contributed by atoms with Crippen molar-refractivity contribution in [2.45, 2.75) is 49.5 Å². The lowest BCUT2D eigenvalue weighted by molar-refractivity contribution is -0.119. The number of pyridine rings is 1. The maximum Gasteiger partial charge on any atom is 0.230 e. The molecule has 1 saturated heterocycles. The largest absolute Gasteiger partial charge is 0.376 e. The predicted octanol–water partition coefficient (Wildman–Crippen LogP) is 4.15. The van der Waals surface area contributed by atoms with Crippen LogP contribution in [0.3, 0.4) is 0 Å². The smallest absolute Gasteiger partial charge is 0.230 e. The number of nitrogens with zero attached hydrogens (tertiary/aromatic N) is 1. The van der Waals surface area contributed by atoms with E-state index < -0.39 is 0 Å². The summed E-state index contributed by atoms with van der Waals surface area (Å²) in [5.74, 6) is 0.481. The summed E-state index contributed by atoms with van der Waals surface area (Å²) >= 11 is 7.79. The Morgan fingerprint density at radius 2 is 2.19 bits per heavy atom. The summed E-state index contributed by atoms with van der Waals surface area (Å²) < 4.78 is 5.57. The van der Waals surface area contributed by atoms with Gasteiger partial charge in [-0.1, -0.05) is 17.7 Å². The fraction of sp³-hybridized carbons (Fsp3) is 0.500. The van der Waals surface area contributed by atoms with Gasteiger partial charge in [0.05, 0.1) is 17.4 Å². The summed E-state index contributed by atoms with van der Waals surface area (Å²) in [5.41, 5.74) is 3.43. The first-order chi connectivity index (χ1) is 12.7. The SMILES string of the molecule is O=C(CSc1c2c(nc3cc(Cl)ccc13)CCCC2)NCC1CCCO1. The molecule has 2 aromatic rings. The Kier molecular flexibility index (Phi) is 5.67. The van der Waals surface area contributed by atoms with Gasteiger partial charge in [0.25, 0.3) is 0 Å². The fourth-order valence-corrected chi connectivity index (χ4v) is 5.01. The van der Waals surface area contributed by atoms with E-state index in [4.69, 9.17) is 21.3 Å². The van der Waals surface area contributed by atoms with E-state index in [0.717, 1.165) is 43.2 Å². The van der Waals surface area contributed by atoms with Gasteiger partial charge in [-0.25, -0.2) is 0 Å². The third-order valence-electron chi connectivity index (χ3n) is 5.07. The number of ether oxygens (including phenoxy) is 1. The number of halogens is 1. The van der Waals surface area contributed by atoms with Crippen molar-refractivity contribution in [2.75, 3.05) is 18.9 Å². The van der Waals surface area contributed by atoms with E-state index in [1.165, 1.54) is 29.0 Å². The molecule has 4 rings (SSSR count). The van der Waals surface area contributed by atoms with Crippen LogP contribution in [-0.4, -0.2) is 35.9 Å². The van der Waals surface area contributed by atoms with Gasteiger partial charge in [-0.3, -0.25) is 9.78 Å². The molecule has 0 saturated carbocycles. The third kappa shape index (κ3) is 4.00. The molecule has 1 aliphatic heterocycles. The van der Waals surface area contributed by atoms with Crippen molar-refractivity contribution < 1.29 is 9.53 Å². The van der Waals surface area contributed by atoms with Crippen molar-refractivity contribution in [3.05, 3.63) is 34.5 Å². The first-order valence-electron chi connectivity index (χ1n) is 9.33. The Bertz CT molecular complexity index is 821. The molecule has 1 aromatic carbocycles. The van der Waals surface area contributed by atoms with Gasteiger partial charge < -0.3 is 10.1 Å². The van der Waals surface area contributed by atoms with Crippen molar-refractivity contribution in [3.63, 3.8) is 0 Å². The van der Waals surface area contributed by atoms with Crippen LogP contribution >= 0.6 is 23.4 Å². The summed E-state index contributed by atoms with van der Waals surface area (Å²) in [4.78, 5) is 18.3. The van der Waals surface area contributed by atoms with Crippen LogP contribution in [0.25, 0.3) is 10.9 Å². The van der Waals surface area contributed by atoms with Crippen LogP contribution < -0.4 is 5.32 Å². The molecule has 4 nitrogen and oxygen atoms in total. The molecule has 2 heterocycles. The number of hydrogen-bond acceptors (Lipinski definition) is 4. The Morgan fingerprint density at radius 1 is 1.31 bits per heavy atom. The van der Waals surface area contributed by atoms with Crippen LogP contribution in [0.1, 0.15) is 36.9 Å². The number of amides is 1. The number of nitrogens with one attached hydrogen (secondary N) is 1. The Hall–Kier alpha value is -1.30. The molecule has 0 radical (unpaired) electrons. The molecule has 138 valence electrons. The zero-order valence-corrected chi connectivity index (χ0v) is 16.3. The van der Waals surface area contributed by atoms with Crippen LogP contribution in [-0.2, 0) is 22.4 Å². The van der Waals surface area contributed by atoms with Crippen LogP contribution in [0.5, 0.6) is 0 Å². The molecular weight excluding hydrogens is 368 g/mol. The lowest BCUT2D eigenvalue weighted by atomic mass is 9.94. The van der Waals surface area contributed by atoms with Crippen LogP contribution in [0.15, 0.2) is 23.1 Å². The normalized spacial score (nSPS) is 19.5. The molecule has 2 aliphatic rings. The fourth-order valence-electron chi connectivity index (χ4n) is 3.74. The minimum absolute atomic E-state index is 0.0639. The van der Waals surface area contributed by atoms with E-state index in [0.29, 0.717) is 17.3 Å². The molecule has 1 aliphatic carbocycles. The highest BCUT2D eigenvalue weighted by molar-refractivity contribution is 8.00. The maximum atomic E-state index is 12.3. The van der Waals surface area contributed by atoms with Crippen LogP contribution in [0, 0.1) is 0 Å². The minimum atomic E-state index is 0.0639. The molecule has 1 atom stereocenters. The van der Waals surface area contributed by atoms with Crippen molar-refractivity contribution >= 4 is 40.2 Å². The summed E-state index contributed by atoms with van der Waals surface area (Å²) in [6.07, 6.45) is 6.73. The maximum absolute atomic E-state index is 12.3. The quantitative estimate of drug-likeness (QED) is 0.779. The topological polar surface area (TPSA) is 51.2 Å². The van der Waals surface area contributed by atoms with E-state index in [1.54, 1.807) is 11.8 Å². The van der Waals surface area contributed by atoms with Crippen molar-refractivity contribution in [2.24, 2.45) is 0 Å². The highest BCUT2D eigenvalue weighted by Crippen LogP contribution is 2.36. The monoisotopic (exact) mass is 390 g/mol.